The molecule has 0 atom stereocenters. The van der Waals surface area contributed by atoms with Gasteiger partial charge in [-0.2, -0.15) is 5.10 Å². The van der Waals surface area contributed by atoms with Gasteiger partial charge in [0.2, 0.25) is 5.91 Å². The third-order valence-corrected chi connectivity index (χ3v) is 5.12. The predicted octanol–water partition coefficient (Wildman–Crippen LogP) is 2.45. The van der Waals surface area contributed by atoms with Crippen LogP contribution < -0.4 is 10.9 Å². The summed E-state index contributed by atoms with van der Waals surface area (Å²) in [5, 5.41) is 8.80. The van der Waals surface area contributed by atoms with Crippen molar-refractivity contribution in [2.75, 3.05) is 0 Å². The fourth-order valence-electron chi connectivity index (χ4n) is 3.39. The molecular formula is C21H22N4O2. The van der Waals surface area contributed by atoms with Crippen LogP contribution in [0.25, 0.3) is 10.8 Å². The average Bonchev–Trinajstić information content (AvgIpc) is 2.67. The largest absolute Gasteiger partial charge is 0.350 e. The molecule has 0 spiro atoms. The summed E-state index contributed by atoms with van der Waals surface area (Å²) in [6.45, 7) is 1.01. The van der Waals surface area contributed by atoms with Gasteiger partial charge in [0.15, 0.2) is 0 Å². The van der Waals surface area contributed by atoms with E-state index in [2.05, 4.69) is 15.4 Å². The van der Waals surface area contributed by atoms with E-state index in [1.807, 2.05) is 42.5 Å². The fraction of sp³-hybridized carbons (Fsp3) is 0.333. The number of rotatable bonds is 6. The highest BCUT2D eigenvalue weighted by molar-refractivity contribution is 5.88. The van der Waals surface area contributed by atoms with Crippen molar-refractivity contribution in [3.05, 3.63) is 70.4 Å². The molecule has 6 heteroatoms. The quantitative estimate of drug-likeness (QED) is 0.731. The van der Waals surface area contributed by atoms with Crippen LogP contribution in [0.4, 0.5) is 0 Å². The summed E-state index contributed by atoms with van der Waals surface area (Å²) >= 11 is 0. The van der Waals surface area contributed by atoms with E-state index in [1.54, 1.807) is 10.9 Å². The average molecular weight is 362 g/mol. The van der Waals surface area contributed by atoms with Gasteiger partial charge in [-0.05, 0) is 37.0 Å². The van der Waals surface area contributed by atoms with Crippen molar-refractivity contribution in [3.8, 4) is 0 Å². The lowest BCUT2D eigenvalue weighted by Gasteiger charge is -2.25. The number of carbonyl (C=O) groups excluding carboxylic acids is 1. The molecule has 2 aromatic heterocycles. The molecule has 2 heterocycles. The van der Waals surface area contributed by atoms with Crippen molar-refractivity contribution in [2.45, 2.75) is 38.8 Å². The first-order chi connectivity index (χ1) is 13.2. The van der Waals surface area contributed by atoms with Gasteiger partial charge in [0, 0.05) is 18.1 Å². The van der Waals surface area contributed by atoms with Crippen LogP contribution in [-0.2, 0) is 24.3 Å². The van der Waals surface area contributed by atoms with E-state index in [0.29, 0.717) is 30.1 Å². The number of hydrogen-bond donors (Lipinski definition) is 1. The van der Waals surface area contributed by atoms with Gasteiger partial charge >= 0.3 is 0 Å². The lowest BCUT2D eigenvalue weighted by Crippen LogP contribution is -2.32. The van der Waals surface area contributed by atoms with E-state index in [-0.39, 0.29) is 17.9 Å². The predicted molar refractivity (Wildman–Crippen MR) is 103 cm³/mol. The fourth-order valence-corrected chi connectivity index (χ4v) is 3.39. The molecule has 1 saturated carbocycles. The molecule has 1 fully saturated rings. The number of pyridine rings is 1. The van der Waals surface area contributed by atoms with Gasteiger partial charge in [-0.25, -0.2) is 4.68 Å². The van der Waals surface area contributed by atoms with Crippen molar-refractivity contribution < 1.29 is 4.79 Å². The molecule has 6 nitrogen and oxygen atoms in total. The highest BCUT2D eigenvalue weighted by Crippen LogP contribution is 2.27. The van der Waals surface area contributed by atoms with Crippen molar-refractivity contribution >= 4 is 16.7 Å². The highest BCUT2D eigenvalue weighted by Gasteiger charge is 2.20. The Bertz CT molecular complexity index is 1010. The lowest BCUT2D eigenvalue weighted by atomic mass is 9.85. The topological polar surface area (TPSA) is 76.9 Å². The Morgan fingerprint density at radius 3 is 2.59 bits per heavy atom. The first-order valence-corrected chi connectivity index (χ1v) is 9.36. The molecule has 1 aromatic carbocycles. The van der Waals surface area contributed by atoms with Crippen LogP contribution in [0.3, 0.4) is 0 Å². The SMILES string of the molecule is O=C(Cc1nn(CC2CCC2)c(=O)c2ccccc12)NCc1ccccn1. The van der Waals surface area contributed by atoms with Crippen LogP contribution in [0.2, 0.25) is 0 Å². The molecule has 1 N–H and O–H groups in total. The summed E-state index contributed by atoms with van der Waals surface area (Å²) in [4.78, 5) is 29.4. The smallest absolute Gasteiger partial charge is 0.274 e. The molecule has 0 aliphatic heterocycles. The van der Waals surface area contributed by atoms with Gasteiger partial charge < -0.3 is 5.32 Å². The van der Waals surface area contributed by atoms with E-state index in [9.17, 15) is 9.59 Å². The summed E-state index contributed by atoms with van der Waals surface area (Å²) in [7, 11) is 0. The van der Waals surface area contributed by atoms with Crippen LogP contribution >= 0.6 is 0 Å². The third kappa shape index (κ3) is 3.89. The molecular weight excluding hydrogens is 340 g/mol. The zero-order valence-electron chi connectivity index (χ0n) is 15.1. The summed E-state index contributed by atoms with van der Waals surface area (Å²) in [6.07, 6.45) is 5.34. The van der Waals surface area contributed by atoms with Crippen molar-refractivity contribution in [2.24, 2.45) is 5.92 Å². The van der Waals surface area contributed by atoms with Gasteiger partial charge in [-0.3, -0.25) is 14.6 Å². The van der Waals surface area contributed by atoms with Gasteiger partial charge in [-0.15, -0.1) is 0 Å². The maximum Gasteiger partial charge on any atom is 0.274 e. The second-order valence-electron chi connectivity index (χ2n) is 7.05. The van der Waals surface area contributed by atoms with Gasteiger partial charge in [0.1, 0.15) is 0 Å². The molecule has 1 aliphatic carbocycles. The molecule has 1 amide bonds. The molecule has 27 heavy (non-hydrogen) atoms. The lowest BCUT2D eigenvalue weighted by molar-refractivity contribution is -0.120. The molecule has 0 saturated heterocycles. The van der Waals surface area contributed by atoms with E-state index in [1.165, 1.54) is 6.42 Å². The first kappa shape index (κ1) is 17.4. The molecule has 0 radical (unpaired) electrons. The second kappa shape index (κ2) is 7.70. The number of amides is 1. The molecule has 3 aromatic rings. The van der Waals surface area contributed by atoms with Gasteiger partial charge in [0.05, 0.1) is 29.7 Å². The monoisotopic (exact) mass is 362 g/mol. The second-order valence-corrected chi connectivity index (χ2v) is 7.05. The molecule has 0 bridgehead atoms. The third-order valence-electron chi connectivity index (χ3n) is 5.12. The zero-order valence-corrected chi connectivity index (χ0v) is 15.1. The van der Waals surface area contributed by atoms with Crippen LogP contribution in [0.15, 0.2) is 53.5 Å². The van der Waals surface area contributed by atoms with Crippen LogP contribution in [-0.4, -0.2) is 20.7 Å². The Labute approximate surface area is 157 Å². The van der Waals surface area contributed by atoms with Crippen LogP contribution in [0.1, 0.15) is 30.7 Å². The maximum absolute atomic E-state index is 12.7. The van der Waals surface area contributed by atoms with E-state index in [4.69, 9.17) is 0 Å². The highest BCUT2D eigenvalue weighted by atomic mass is 16.1. The first-order valence-electron chi connectivity index (χ1n) is 9.36. The number of carbonyl (C=O) groups is 1. The van der Waals surface area contributed by atoms with Crippen LogP contribution in [0.5, 0.6) is 0 Å². The summed E-state index contributed by atoms with van der Waals surface area (Å²) in [5.74, 6) is 0.384. The Balaban J connectivity index is 1.57. The van der Waals surface area contributed by atoms with E-state index < -0.39 is 0 Å². The summed E-state index contributed by atoms with van der Waals surface area (Å²) in [5.41, 5.74) is 1.37. The van der Waals surface area contributed by atoms with Crippen molar-refractivity contribution in [1.29, 1.82) is 0 Å². The number of hydrogen-bond acceptors (Lipinski definition) is 4. The van der Waals surface area contributed by atoms with Crippen LogP contribution in [0, 0.1) is 5.92 Å². The molecule has 0 unspecified atom stereocenters. The van der Waals surface area contributed by atoms with Gasteiger partial charge in [-0.1, -0.05) is 30.7 Å². The van der Waals surface area contributed by atoms with E-state index >= 15 is 0 Å². The number of fused-ring (bicyclic) bond motifs is 1. The van der Waals surface area contributed by atoms with Crippen molar-refractivity contribution in [3.63, 3.8) is 0 Å². The number of aromatic nitrogens is 3. The Kier molecular flexibility index (Phi) is 4.96. The zero-order chi connectivity index (χ0) is 18.6. The number of nitrogens with one attached hydrogen (secondary N) is 1. The Hall–Kier alpha value is -3.02. The molecule has 4 rings (SSSR count). The minimum atomic E-state index is -0.132. The standard InChI is InChI=1S/C21H22N4O2/c26-20(23-13-16-8-3-4-11-22-16)12-19-17-9-1-2-10-18(17)21(27)25(24-19)14-15-6-5-7-15/h1-4,8-11,15H,5-7,12-14H2,(H,23,26). The minimum Gasteiger partial charge on any atom is -0.350 e. The van der Waals surface area contributed by atoms with Crippen molar-refractivity contribution in [1.82, 2.24) is 20.1 Å². The van der Waals surface area contributed by atoms with E-state index in [0.717, 1.165) is 23.9 Å². The Morgan fingerprint density at radius 2 is 1.89 bits per heavy atom. The number of nitrogens with zero attached hydrogens (tertiary/aromatic N) is 3. The number of benzene rings is 1. The Morgan fingerprint density at radius 1 is 1.11 bits per heavy atom. The summed E-state index contributed by atoms with van der Waals surface area (Å²) < 4.78 is 1.55. The normalized spacial score (nSPS) is 14.1. The van der Waals surface area contributed by atoms with Gasteiger partial charge in [0.25, 0.3) is 5.56 Å². The molecule has 1 aliphatic rings. The molecule has 138 valence electrons. The maximum atomic E-state index is 12.7. The summed E-state index contributed by atoms with van der Waals surface area (Å²) in [6, 6.07) is 13.0. The minimum absolute atomic E-state index is 0.0739.